The second-order valence-electron chi connectivity index (χ2n) is 3.87. The summed E-state index contributed by atoms with van der Waals surface area (Å²) in [6.07, 6.45) is 1.42. The largest absolute Gasteiger partial charge is 0.481 e. The van der Waals surface area contributed by atoms with Gasteiger partial charge >= 0.3 is 5.97 Å². The average molecular weight is 317 g/mol. The molecule has 1 aromatic heterocycles. The van der Waals surface area contributed by atoms with E-state index >= 15 is 0 Å². The quantitative estimate of drug-likeness (QED) is 0.916. The van der Waals surface area contributed by atoms with Crippen LogP contribution in [0.1, 0.15) is 5.56 Å². The van der Waals surface area contributed by atoms with Gasteiger partial charge in [0.1, 0.15) is 0 Å². The molecule has 0 aliphatic carbocycles. The molecule has 0 aliphatic rings. The molecule has 1 heterocycles. The summed E-state index contributed by atoms with van der Waals surface area (Å²) in [5, 5.41) is 9.93. The number of hydrogen-bond acceptors (Lipinski definition) is 2. The fourth-order valence-corrected chi connectivity index (χ4v) is 2.65. The summed E-state index contributed by atoms with van der Waals surface area (Å²) in [6.45, 7) is 0. The molecule has 0 saturated carbocycles. The molecule has 2 aromatic rings. The van der Waals surface area contributed by atoms with Crippen LogP contribution in [-0.2, 0) is 11.2 Å². The molecule has 0 radical (unpaired) electrons. The third kappa shape index (κ3) is 3.38. The molecule has 3 nitrogen and oxygen atoms in total. The zero-order valence-electron chi connectivity index (χ0n) is 9.53. The Hall–Kier alpha value is -1.29. The van der Waals surface area contributed by atoms with Crippen LogP contribution in [0.3, 0.4) is 0 Å². The molecule has 0 atom stereocenters. The van der Waals surface area contributed by atoms with E-state index < -0.39 is 5.97 Å². The van der Waals surface area contributed by atoms with E-state index in [1.54, 1.807) is 24.3 Å². The van der Waals surface area contributed by atoms with Crippen molar-refractivity contribution in [3.8, 4) is 11.3 Å². The van der Waals surface area contributed by atoms with Crippen molar-refractivity contribution in [1.82, 2.24) is 4.98 Å². The molecular formula is C13H8Cl3NO2. The lowest BCUT2D eigenvalue weighted by molar-refractivity contribution is -0.136. The van der Waals surface area contributed by atoms with Gasteiger partial charge in [0.25, 0.3) is 0 Å². The van der Waals surface area contributed by atoms with E-state index in [2.05, 4.69) is 4.98 Å². The van der Waals surface area contributed by atoms with Crippen molar-refractivity contribution >= 4 is 40.8 Å². The minimum Gasteiger partial charge on any atom is -0.481 e. The van der Waals surface area contributed by atoms with E-state index in [0.717, 1.165) is 0 Å². The van der Waals surface area contributed by atoms with Crippen molar-refractivity contribution in [3.63, 3.8) is 0 Å². The van der Waals surface area contributed by atoms with Crippen LogP contribution in [0.25, 0.3) is 11.3 Å². The lowest BCUT2D eigenvalue weighted by atomic mass is 10.1. The molecule has 0 aliphatic heterocycles. The van der Waals surface area contributed by atoms with Gasteiger partial charge in [-0.2, -0.15) is 0 Å². The van der Waals surface area contributed by atoms with Gasteiger partial charge in [-0.15, -0.1) is 0 Å². The first kappa shape index (κ1) is 14.1. The number of carboxylic acid groups (broad SMARTS) is 1. The van der Waals surface area contributed by atoms with Crippen molar-refractivity contribution in [2.45, 2.75) is 6.42 Å². The van der Waals surface area contributed by atoms with Gasteiger partial charge < -0.3 is 5.11 Å². The zero-order chi connectivity index (χ0) is 14.0. The molecule has 0 fully saturated rings. The lowest BCUT2D eigenvalue weighted by Gasteiger charge is -2.07. The Kier molecular flexibility index (Phi) is 4.30. The third-order valence-corrected chi connectivity index (χ3v) is 3.26. The summed E-state index contributed by atoms with van der Waals surface area (Å²) < 4.78 is 0. The minimum atomic E-state index is -0.905. The first-order valence-electron chi connectivity index (χ1n) is 5.29. The fourth-order valence-electron chi connectivity index (χ4n) is 1.64. The summed E-state index contributed by atoms with van der Waals surface area (Å²) in [5.41, 5.74) is 1.76. The maximum absolute atomic E-state index is 10.6. The van der Waals surface area contributed by atoms with Gasteiger partial charge in [-0.3, -0.25) is 9.78 Å². The Balaban J connectivity index is 2.40. The van der Waals surface area contributed by atoms with E-state index in [0.29, 0.717) is 31.9 Å². The molecule has 0 saturated heterocycles. The van der Waals surface area contributed by atoms with Gasteiger partial charge in [0.15, 0.2) is 0 Å². The number of hydrogen-bond donors (Lipinski definition) is 1. The van der Waals surface area contributed by atoms with Crippen LogP contribution in [0.5, 0.6) is 0 Å². The van der Waals surface area contributed by atoms with Gasteiger partial charge in [-0.1, -0.05) is 40.9 Å². The summed E-state index contributed by atoms with van der Waals surface area (Å²) >= 11 is 18.0. The van der Waals surface area contributed by atoms with Crippen molar-refractivity contribution < 1.29 is 9.90 Å². The summed E-state index contributed by atoms with van der Waals surface area (Å²) in [4.78, 5) is 14.8. The predicted molar refractivity (Wildman–Crippen MR) is 76.0 cm³/mol. The van der Waals surface area contributed by atoms with Crippen LogP contribution in [0.2, 0.25) is 15.1 Å². The Labute approximate surface area is 124 Å². The van der Waals surface area contributed by atoms with Crippen molar-refractivity contribution in [2.24, 2.45) is 0 Å². The Morgan fingerprint density at radius 2 is 1.79 bits per heavy atom. The van der Waals surface area contributed by atoms with Gasteiger partial charge in [-0.05, 0) is 23.8 Å². The maximum atomic E-state index is 10.6. The number of carboxylic acids is 1. The topological polar surface area (TPSA) is 50.2 Å². The van der Waals surface area contributed by atoms with Crippen LogP contribution in [0.4, 0.5) is 0 Å². The number of aliphatic carboxylic acids is 1. The highest BCUT2D eigenvalue weighted by molar-refractivity contribution is 6.41. The molecular weight excluding hydrogens is 309 g/mol. The van der Waals surface area contributed by atoms with Crippen molar-refractivity contribution in [1.29, 1.82) is 0 Å². The Morgan fingerprint density at radius 3 is 2.26 bits per heavy atom. The highest BCUT2D eigenvalue weighted by atomic mass is 35.5. The maximum Gasteiger partial charge on any atom is 0.307 e. The predicted octanol–water partition coefficient (Wildman–Crippen LogP) is 4.34. The Bertz CT molecular complexity index is 603. The SMILES string of the molecule is O=C(O)Cc1ccc(-c2c(Cl)cc(Cl)cc2Cl)nc1. The van der Waals surface area contributed by atoms with Crippen molar-refractivity contribution in [3.05, 3.63) is 51.1 Å². The number of halogens is 3. The van der Waals surface area contributed by atoms with Crippen LogP contribution >= 0.6 is 34.8 Å². The molecule has 6 heteroatoms. The fraction of sp³-hybridized carbons (Fsp3) is 0.0769. The first-order chi connectivity index (χ1) is 8.97. The highest BCUT2D eigenvalue weighted by Crippen LogP contribution is 2.36. The highest BCUT2D eigenvalue weighted by Gasteiger charge is 2.11. The smallest absolute Gasteiger partial charge is 0.307 e. The van der Waals surface area contributed by atoms with E-state index in [4.69, 9.17) is 39.9 Å². The number of benzene rings is 1. The third-order valence-electron chi connectivity index (χ3n) is 2.44. The first-order valence-corrected chi connectivity index (χ1v) is 6.42. The summed E-state index contributed by atoms with van der Waals surface area (Å²) in [6, 6.07) is 6.52. The molecule has 1 N–H and O–H groups in total. The normalized spacial score (nSPS) is 10.5. The van der Waals surface area contributed by atoms with Gasteiger partial charge in [0, 0.05) is 16.8 Å². The molecule has 0 unspecified atom stereocenters. The van der Waals surface area contributed by atoms with Crippen LogP contribution in [-0.4, -0.2) is 16.1 Å². The van der Waals surface area contributed by atoms with E-state index in [1.807, 2.05) is 0 Å². The molecule has 1 aromatic carbocycles. The molecule has 0 spiro atoms. The van der Waals surface area contributed by atoms with E-state index in [-0.39, 0.29) is 6.42 Å². The Morgan fingerprint density at radius 1 is 1.16 bits per heavy atom. The standard InChI is InChI=1S/C13H8Cl3NO2/c14-8-4-9(15)13(10(16)5-8)11-2-1-7(6-17-11)3-12(18)19/h1-2,4-6H,3H2,(H,18,19). The second kappa shape index (κ2) is 5.78. The van der Waals surface area contributed by atoms with E-state index in [9.17, 15) is 4.79 Å². The number of carbonyl (C=O) groups is 1. The zero-order valence-corrected chi connectivity index (χ0v) is 11.8. The number of pyridine rings is 1. The van der Waals surface area contributed by atoms with Crippen LogP contribution < -0.4 is 0 Å². The van der Waals surface area contributed by atoms with Crippen LogP contribution in [0.15, 0.2) is 30.5 Å². The van der Waals surface area contributed by atoms with Crippen molar-refractivity contribution in [2.75, 3.05) is 0 Å². The summed E-state index contributed by atoms with van der Waals surface area (Å²) in [7, 11) is 0. The van der Waals surface area contributed by atoms with Gasteiger partial charge in [-0.25, -0.2) is 0 Å². The molecule has 0 amide bonds. The summed E-state index contributed by atoms with van der Waals surface area (Å²) in [5.74, 6) is -0.905. The molecule has 98 valence electrons. The molecule has 2 rings (SSSR count). The number of nitrogens with zero attached hydrogens (tertiary/aromatic N) is 1. The number of rotatable bonds is 3. The molecule has 0 bridgehead atoms. The van der Waals surface area contributed by atoms with Gasteiger partial charge in [0.2, 0.25) is 0 Å². The second-order valence-corrected chi connectivity index (χ2v) is 5.12. The minimum absolute atomic E-state index is 0.0740. The number of aromatic nitrogens is 1. The molecule has 19 heavy (non-hydrogen) atoms. The lowest BCUT2D eigenvalue weighted by Crippen LogP contribution is -2.00. The van der Waals surface area contributed by atoms with E-state index in [1.165, 1.54) is 6.20 Å². The van der Waals surface area contributed by atoms with Crippen LogP contribution in [0, 0.1) is 0 Å². The van der Waals surface area contributed by atoms with Gasteiger partial charge in [0.05, 0.1) is 22.2 Å². The average Bonchev–Trinajstić information content (AvgIpc) is 2.29. The monoisotopic (exact) mass is 315 g/mol.